The Morgan fingerprint density at radius 2 is 2.44 bits per heavy atom. The minimum absolute atomic E-state index is 0.690. The Kier molecular flexibility index (Phi) is 2.72. The topological polar surface area (TPSA) is 27.1 Å². The molecule has 0 radical (unpaired) electrons. The van der Waals surface area contributed by atoms with Crippen molar-refractivity contribution in [3.63, 3.8) is 0 Å². The van der Waals surface area contributed by atoms with Crippen molar-refractivity contribution in [2.24, 2.45) is 5.92 Å². The SMILES string of the molecule is CC1CCCn2c1cnc2CC1CCOC1. The first-order valence-corrected chi connectivity index (χ1v) is 6.46. The highest BCUT2D eigenvalue weighted by molar-refractivity contribution is 5.13. The molecular weight excluding hydrogens is 200 g/mol. The quantitative estimate of drug-likeness (QED) is 0.765. The largest absolute Gasteiger partial charge is 0.381 e. The van der Waals surface area contributed by atoms with Crippen molar-refractivity contribution < 1.29 is 4.74 Å². The van der Waals surface area contributed by atoms with E-state index in [2.05, 4.69) is 22.7 Å². The standard InChI is InChI=1S/C13H20N2O/c1-10-3-2-5-15-12(10)8-14-13(15)7-11-4-6-16-9-11/h8,10-11H,2-7,9H2,1H3. The Labute approximate surface area is 96.8 Å². The molecule has 0 amide bonds. The molecule has 0 aliphatic carbocycles. The maximum Gasteiger partial charge on any atom is 0.109 e. The van der Waals surface area contributed by atoms with Crippen molar-refractivity contribution in [1.82, 2.24) is 9.55 Å². The van der Waals surface area contributed by atoms with Crippen LogP contribution in [0.1, 0.15) is 43.6 Å². The highest BCUT2D eigenvalue weighted by Gasteiger charge is 2.23. The van der Waals surface area contributed by atoms with Gasteiger partial charge < -0.3 is 9.30 Å². The van der Waals surface area contributed by atoms with Crippen molar-refractivity contribution in [2.45, 2.75) is 45.1 Å². The molecule has 1 aromatic rings. The van der Waals surface area contributed by atoms with Crippen LogP contribution in [0.3, 0.4) is 0 Å². The third-order valence-electron chi connectivity index (χ3n) is 3.99. The summed E-state index contributed by atoms with van der Waals surface area (Å²) in [5.74, 6) is 2.68. The van der Waals surface area contributed by atoms with Crippen LogP contribution < -0.4 is 0 Å². The van der Waals surface area contributed by atoms with E-state index >= 15 is 0 Å². The first-order valence-electron chi connectivity index (χ1n) is 6.46. The molecule has 88 valence electrons. The van der Waals surface area contributed by atoms with E-state index in [4.69, 9.17) is 4.74 Å². The van der Waals surface area contributed by atoms with Gasteiger partial charge in [0.05, 0.1) is 0 Å². The number of ether oxygens (including phenoxy) is 1. The van der Waals surface area contributed by atoms with Gasteiger partial charge in [-0.2, -0.15) is 0 Å². The number of fused-ring (bicyclic) bond motifs is 1. The second kappa shape index (κ2) is 4.21. The molecular formula is C13H20N2O. The highest BCUT2D eigenvalue weighted by Crippen LogP contribution is 2.29. The maximum atomic E-state index is 5.43. The van der Waals surface area contributed by atoms with Gasteiger partial charge in [0, 0.05) is 38.1 Å². The Bertz CT molecular complexity index is 366. The van der Waals surface area contributed by atoms with Gasteiger partial charge in [-0.05, 0) is 31.1 Å². The lowest BCUT2D eigenvalue weighted by molar-refractivity contribution is 0.185. The van der Waals surface area contributed by atoms with E-state index in [0.717, 1.165) is 19.6 Å². The molecule has 0 aromatic carbocycles. The lowest BCUT2D eigenvalue weighted by Crippen LogP contribution is -2.17. The zero-order valence-corrected chi connectivity index (χ0v) is 9.98. The van der Waals surface area contributed by atoms with E-state index in [0.29, 0.717) is 11.8 Å². The molecule has 0 N–H and O–H groups in total. The summed E-state index contributed by atoms with van der Waals surface area (Å²) in [4.78, 5) is 4.62. The summed E-state index contributed by atoms with van der Waals surface area (Å²) in [7, 11) is 0. The van der Waals surface area contributed by atoms with Gasteiger partial charge in [0.1, 0.15) is 5.82 Å². The average Bonchev–Trinajstić information content (AvgIpc) is 2.90. The number of hydrogen-bond donors (Lipinski definition) is 0. The molecule has 1 saturated heterocycles. The van der Waals surface area contributed by atoms with Crippen LogP contribution in [0.4, 0.5) is 0 Å². The molecule has 3 heterocycles. The smallest absolute Gasteiger partial charge is 0.109 e. The van der Waals surface area contributed by atoms with Gasteiger partial charge in [0.2, 0.25) is 0 Å². The monoisotopic (exact) mass is 220 g/mol. The second-order valence-electron chi connectivity index (χ2n) is 5.23. The molecule has 1 fully saturated rings. The van der Waals surface area contributed by atoms with E-state index in [9.17, 15) is 0 Å². The Balaban J connectivity index is 1.79. The van der Waals surface area contributed by atoms with Crippen molar-refractivity contribution in [1.29, 1.82) is 0 Å². The minimum Gasteiger partial charge on any atom is -0.381 e. The Morgan fingerprint density at radius 1 is 1.50 bits per heavy atom. The van der Waals surface area contributed by atoms with Crippen LogP contribution >= 0.6 is 0 Å². The average molecular weight is 220 g/mol. The fourth-order valence-electron chi connectivity index (χ4n) is 2.95. The molecule has 2 atom stereocenters. The lowest BCUT2D eigenvalue weighted by Gasteiger charge is -2.22. The van der Waals surface area contributed by atoms with Gasteiger partial charge in [-0.1, -0.05) is 6.92 Å². The normalized spacial score (nSPS) is 29.3. The van der Waals surface area contributed by atoms with Crippen LogP contribution in [0.5, 0.6) is 0 Å². The van der Waals surface area contributed by atoms with Gasteiger partial charge in [0.25, 0.3) is 0 Å². The molecule has 3 nitrogen and oxygen atoms in total. The maximum absolute atomic E-state index is 5.43. The van der Waals surface area contributed by atoms with Crippen LogP contribution in [0.15, 0.2) is 6.20 Å². The predicted octanol–water partition coefficient (Wildman–Crippen LogP) is 2.36. The summed E-state index contributed by atoms with van der Waals surface area (Å²) in [5.41, 5.74) is 1.44. The van der Waals surface area contributed by atoms with Gasteiger partial charge in [0.15, 0.2) is 0 Å². The fourth-order valence-corrected chi connectivity index (χ4v) is 2.95. The third-order valence-corrected chi connectivity index (χ3v) is 3.99. The number of rotatable bonds is 2. The Hall–Kier alpha value is -0.830. The molecule has 2 unspecified atom stereocenters. The molecule has 0 bridgehead atoms. The van der Waals surface area contributed by atoms with Crippen molar-refractivity contribution in [2.75, 3.05) is 13.2 Å². The van der Waals surface area contributed by atoms with Crippen LogP contribution in [0.25, 0.3) is 0 Å². The number of imidazole rings is 1. The summed E-state index contributed by atoms with van der Waals surface area (Å²) in [6.07, 6.45) is 7.02. The van der Waals surface area contributed by atoms with Crippen molar-refractivity contribution in [3.8, 4) is 0 Å². The van der Waals surface area contributed by atoms with Crippen LogP contribution in [0.2, 0.25) is 0 Å². The van der Waals surface area contributed by atoms with E-state index in [1.165, 1.54) is 37.3 Å². The molecule has 2 aliphatic heterocycles. The lowest BCUT2D eigenvalue weighted by atomic mass is 9.98. The molecule has 2 aliphatic rings. The number of nitrogens with zero attached hydrogens (tertiary/aromatic N) is 2. The number of hydrogen-bond acceptors (Lipinski definition) is 2. The summed E-state index contributed by atoms with van der Waals surface area (Å²) in [5, 5.41) is 0. The fraction of sp³-hybridized carbons (Fsp3) is 0.769. The minimum atomic E-state index is 0.690. The summed E-state index contributed by atoms with van der Waals surface area (Å²) in [6, 6.07) is 0. The molecule has 16 heavy (non-hydrogen) atoms. The molecule has 0 spiro atoms. The first kappa shape index (κ1) is 10.3. The second-order valence-corrected chi connectivity index (χ2v) is 5.23. The third kappa shape index (κ3) is 1.77. The summed E-state index contributed by atoms with van der Waals surface area (Å²) >= 11 is 0. The highest BCUT2D eigenvalue weighted by atomic mass is 16.5. The van der Waals surface area contributed by atoms with Crippen molar-refractivity contribution >= 4 is 0 Å². The van der Waals surface area contributed by atoms with Gasteiger partial charge in [-0.3, -0.25) is 0 Å². The predicted molar refractivity (Wildman–Crippen MR) is 62.5 cm³/mol. The van der Waals surface area contributed by atoms with E-state index in [1.807, 2.05) is 0 Å². The first-order chi connectivity index (χ1) is 7.84. The van der Waals surface area contributed by atoms with E-state index < -0.39 is 0 Å². The molecule has 1 aromatic heterocycles. The van der Waals surface area contributed by atoms with Crippen molar-refractivity contribution in [3.05, 3.63) is 17.7 Å². The zero-order chi connectivity index (χ0) is 11.0. The number of aromatic nitrogens is 2. The zero-order valence-electron chi connectivity index (χ0n) is 9.98. The molecule has 3 heteroatoms. The summed E-state index contributed by atoms with van der Waals surface area (Å²) < 4.78 is 7.88. The van der Waals surface area contributed by atoms with Crippen LogP contribution in [0, 0.1) is 5.92 Å². The Morgan fingerprint density at radius 3 is 3.25 bits per heavy atom. The van der Waals surface area contributed by atoms with E-state index in [-0.39, 0.29) is 0 Å². The molecule has 0 saturated carbocycles. The van der Waals surface area contributed by atoms with Gasteiger partial charge in [-0.25, -0.2) is 4.98 Å². The molecule has 3 rings (SSSR count). The van der Waals surface area contributed by atoms with Crippen LogP contribution in [-0.2, 0) is 17.7 Å². The van der Waals surface area contributed by atoms with Gasteiger partial charge in [-0.15, -0.1) is 0 Å². The van der Waals surface area contributed by atoms with Crippen LogP contribution in [-0.4, -0.2) is 22.8 Å². The van der Waals surface area contributed by atoms with E-state index in [1.54, 1.807) is 0 Å². The van der Waals surface area contributed by atoms with Gasteiger partial charge >= 0.3 is 0 Å². The summed E-state index contributed by atoms with van der Waals surface area (Å²) in [6.45, 7) is 5.35.